The maximum Gasteiger partial charge on any atom is 0.320 e. The third-order valence-corrected chi connectivity index (χ3v) is 3.87. The minimum atomic E-state index is -0.233. The van der Waals surface area contributed by atoms with Gasteiger partial charge >= 0.3 is 6.01 Å². The van der Waals surface area contributed by atoms with Crippen LogP contribution in [0.3, 0.4) is 0 Å². The Labute approximate surface area is 131 Å². The molecule has 1 aliphatic rings. The van der Waals surface area contributed by atoms with Gasteiger partial charge in [-0.3, -0.25) is 4.79 Å². The number of rotatable bonds is 6. The van der Waals surface area contributed by atoms with Crippen molar-refractivity contribution >= 4 is 5.91 Å². The van der Waals surface area contributed by atoms with Gasteiger partial charge in [-0.05, 0) is 38.8 Å². The topological polar surface area (TPSA) is 76.6 Å². The highest BCUT2D eigenvalue weighted by molar-refractivity contribution is 5.92. The molecule has 1 aromatic heterocycles. The maximum atomic E-state index is 12.2. The molecule has 1 amide bonds. The minimum Gasteiger partial charge on any atom is -0.481 e. The molecule has 2 rings (SSSR count). The van der Waals surface area contributed by atoms with Crippen LogP contribution in [-0.4, -0.2) is 61.7 Å². The lowest BCUT2D eigenvalue weighted by molar-refractivity contribution is 0.0941. The number of hydrogen-bond acceptors (Lipinski definition) is 6. The van der Waals surface area contributed by atoms with Gasteiger partial charge in [0.1, 0.15) is 5.69 Å². The quantitative estimate of drug-likeness (QED) is 0.843. The van der Waals surface area contributed by atoms with Crippen molar-refractivity contribution in [3.05, 3.63) is 11.8 Å². The Morgan fingerprint density at radius 1 is 1.41 bits per heavy atom. The number of methoxy groups -OCH3 is 2. The van der Waals surface area contributed by atoms with Crippen molar-refractivity contribution in [2.24, 2.45) is 5.92 Å². The standard InChI is InChI=1S/C15H24N4O3/c1-19-8-4-5-11(10-19)6-7-16-14(20)12-9-13(21-2)18-15(17-12)22-3/h9,11H,4-8,10H2,1-3H3,(H,16,20)/t11-/m0/s1. The fourth-order valence-electron chi connectivity index (χ4n) is 2.71. The van der Waals surface area contributed by atoms with Crippen molar-refractivity contribution in [1.82, 2.24) is 20.2 Å². The zero-order valence-electron chi connectivity index (χ0n) is 13.5. The van der Waals surface area contributed by atoms with E-state index in [9.17, 15) is 4.79 Å². The molecule has 0 bridgehead atoms. The molecule has 1 saturated heterocycles. The van der Waals surface area contributed by atoms with E-state index in [1.807, 2.05) is 0 Å². The summed E-state index contributed by atoms with van der Waals surface area (Å²) in [6, 6.07) is 1.63. The van der Waals surface area contributed by atoms with Gasteiger partial charge in [-0.25, -0.2) is 0 Å². The van der Waals surface area contributed by atoms with Crippen molar-refractivity contribution in [3.63, 3.8) is 0 Å². The summed E-state index contributed by atoms with van der Waals surface area (Å²) in [5, 5.41) is 2.90. The van der Waals surface area contributed by atoms with Crippen molar-refractivity contribution in [2.45, 2.75) is 19.3 Å². The van der Waals surface area contributed by atoms with Gasteiger partial charge in [-0.1, -0.05) is 0 Å². The van der Waals surface area contributed by atoms with E-state index >= 15 is 0 Å². The number of nitrogens with one attached hydrogen (secondary N) is 1. The lowest BCUT2D eigenvalue weighted by Gasteiger charge is -2.29. The van der Waals surface area contributed by atoms with Crippen LogP contribution in [0.4, 0.5) is 0 Å². The van der Waals surface area contributed by atoms with Crippen LogP contribution in [0.25, 0.3) is 0 Å². The number of aromatic nitrogens is 2. The summed E-state index contributed by atoms with van der Waals surface area (Å²) in [5.74, 6) is 0.725. The van der Waals surface area contributed by atoms with E-state index in [0.29, 0.717) is 18.3 Å². The normalized spacial score (nSPS) is 18.8. The Hall–Kier alpha value is -1.89. The van der Waals surface area contributed by atoms with Gasteiger partial charge in [-0.2, -0.15) is 9.97 Å². The monoisotopic (exact) mass is 308 g/mol. The van der Waals surface area contributed by atoms with E-state index < -0.39 is 0 Å². The van der Waals surface area contributed by atoms with Crippen LogP contribution in [0.1, 0.15) is 29.8 Å². The van der Waals surface area contributed by atoms with Crippen LogP contribution in [0.2, 0.25) is 0 Å². The number of likely N-dealkylation sites (tertiary alicyclic amines) is 1. The smallest absolute Gasteiger partial charge is 0.320 e. The molecular formula is C15H24N4O3. The minimum absolute atomic E-state index is 0.124. The fraction of sp³-hybridized carbons (Fsp3) is 0.667. The fourth-order valence-corrected chi connectivity index (χ4v) is 2.71. The molecule has 0 aliphatic carbocycles. The Kier molecular flexibility index (Phi) is 5.94. The molecule has 0 spiro atoms. The zero-order chi connectivity index (χ0) is 15.9. The van der Waals surface area contributed by atoms with Gasteiger partial charge in [0.25, 0.3) is 5.91 Å². The number of hydrogen-bond donors (Lipinski definition) is 1. The van der Waals surface area contributed by atoms with Gasteiger partial charge in [0.05, 0.1) is 14.2 Å². The molecule has 122 valence electrons. The lowest BCUT2D eigenvalue weighted by Crippen LogP contribution is -2.34. The molecular weight excluding hydrogens is 284 g/mol. The summed E-state index contributed by atoms with van der Waals surface area (Å²) in [7, 11) is 5.09. The second-order valence-corrected chi connectivity index (χ2v) is 5.60. The van der Waals surface area contributed by atoms with E-state index in [0.717, 1.165) is 13.0 Å². The van der Waals surface area contributed by atoms with E-state index in [2.05, 4.69) is 27.2 Å². The molecule has 0 unspecified atom stereocenters. The molecule has 1 atom stereocenters. The number of nitrogens with zero attached hydrogens (tertiary/aromatic N) is 3. The first kappa shape index (κ1) is 16.5. The highest BCUT2D eigenvalue weighted by Crippen LogP contribution is 2.18. The number of ether oxygens (including phenoxy) is 2. The van der Waals surface area contributed by atoms with Gasteiger partial charge in [0.2, 0.25) is 5.88 Å². The third-order valence-electron chi connectivity index (χ3n) is 3.87. The van der Waals surface area contributed by atoms with Gasteiger partial charge < -0.3 is 19.7 Å². The highest BCUT2D eigenvalue weighted by atomic mass is 16.5. The van der Waals surface area contributed by atoms with Crippen LogP contribution in [-0.2, 0) is 0 Å². The summed E-state index contributed by atoms with van der Waals surface area (Å²) in [4.78, 5) is 22.5. The van der Waals surface area contributed by atoms with Crippen LogP contribution < -0.4 is 14.8 Å². The Morgan fingerprint density at radius 3 is 2.91 bits per heavy atom. The van der Waals surface area contributed by atoms with Crippen molar-refractivity contribution in [3.8, 4) is 11.9 Å². The van der Waals surface area contributed by atoms with E-state index in [4.69, 9.17) is 9.47 Å². The molecule has 0 aromatic carbocycles. The highest BCUT2D eigenvalue weighted by Gasteiger charge is 2.18. The molecule has 22 heavy (non-hydrogen) atoms. The molecule has 2 heterocycles. The predicted octanol–water partition coefficient (Wildman–Crippen LogP) is 0.956. The van der Waals surface area contributed by atoms with Crippen LogP contribution in [0.5, 0.6) is 11.9 Å². The van der Waals surface area contributed by atoms with Gasteiger partial charge in [0.15, 0.2) is 0 Å². The van der Waals surface area contributed by atoms with E-state index in [1.165, 1.54) is 39.7 Å². The van der Waals surface area contributed by atoms with E-state index in [1.54, 1.807) is 0 Å². The Bertz CT molecular complexity index is 487. The van der Waals surface area contributed by atoms with Crippen LogP contribution in [0.15, 0.2) is 6.07 Å². The van der Waals surface area contributed by atoms with E-state index in [-0.39, 0.29) is 17.6 Å². The second-order valence-electron chi connectivity index (χ2n) is 5.60. The molecule has 7 heteroatoms. The molecule has 1 aromatic rings. The summed E-state index contributed by atoms with van der Waals surface area (Å²) < 4.78 is 10.0. The average Bonchev–Trinajstić information content (AvgIpc) is 2.54. The summed E-state index contributed by atoms with van der Waals surface area (Å²) in [5.41, 5.74) is 0.254. The van der Waals surface area contributed by atoms with Crippen molar-refractivity contribution in [2.75, 3.05) is 40.9 Å². The average molecular weight is 308 g/mol. The van der Waals surface area contributed by atoms with Crippen molar-refractivity contribution < 1.29 is 14.3 Å². The first-order chi connectivity index (χ1) is 10.6. The number of carbonyl (C=O) groups excluding carboxylic acids is 1. The number of amides is 1. The van der Waals surface area contributed by atoms with Crippen LogP contribution in [0, 0.1) is 5.92 Å². The lowest BCUT2D eigenvalue weighted by atomic mass is 9.95. The summed E-state index contributed by atoms with van der Waals surface area (Å²) in [6.07, 6.45) is 3.44. The molecule has 1 fully saturated rings. The van der Waals surface area contributed by atoms with Crippen LogP contribution >= 0.6 is 0 Å². The number of piperidine rings is 1. The molecule has 1 aliphatic heterocycles. The maximum absolute atomic E-state index is 12.2. The number of carbonyl (C=O) groups is 1. The summed E-state index contributed by atoms with van der Waals surface area (Å²) in [6.45, 7) is 2.92. The predicted molar refractivity (Wildman–Crippen MR) is 82.3 cm³/mol. The molecule has 0 saturated carbocycles. The van der Waals surface area contributed by atoms with Gasteiger partial charge in [-0.15, -0.1) is 0 Å². The van der Waals surface area contributed by atoms with Gasteiger partial charge in [0, 0.05) is 19.2 Å². The third kappa shape index (κ3) is 4.56. The first-order valence-corrected chi connectivity index (χ1v) is 7.56. The Balaban J connectivity index is 1.86. The molecule has 0 radical (unpaired) electrons. The summed E-state index contributed by atoms with van der Waals surface area (Å²) >= 11 is 0. The molecule has 7 nitrogen and oxygen atoms in total. The second kappa shape index (κ2) is 7.93. The first-order valence-electron chi connectivity index (χ1n) is 7.56. The Morgan fingerprint density at radius 2 is 2.23 bits per heavy atom. The SMILES string of the molecule is COc1cc(C(=O)NCC[C@@H]2CCCN(C)C2)nc(OC)n1. The largest absolute Gasteiger partial charge is 0.481 e. The zero-order valence-corrected chi connectivity index (χ0v) is 13.5. The molecule has 1 N–H and O–H groups in total. The van der Waals surface area contributed by atoms with Crippen molar-refractivity contribution in [1.29, 1.82) is 0 Å².